The van der Waals surface area contributed by atoms with Crippen molar-refractivity contribution >= 4 is 16.8 Å². The van der Waals surface area contributed by atoms with Gasteiger partial charge in [0.15, 0.2) is 0 Å². The number of rotatable bonds is 6. The highest BCUT2D eigenvalue weighted by Crippen LogP contribution is 2.24. The van der Waals surface area contributed by atoms with Gasteiger partial charge in [-0.15, -0.1) is 5.10 Å². The minimum Gasteiger partial charge on any atom is -0.379 e. The number of fused-ring (bicyclic) bond motifs is 1. The Labute approximate surface area is 156 Å². The van der Waals surface area contributed by atoms with Crippen molar-refractivity contribution in [1.29, 1.82) is 0 Å². The molecule has 140 valence electrons. The van der Waals surface area contributed by atoms with Gasteiger partial charge in [-0.25, -0.2) is 4.68 Å². The molecular weight excluding hydrogens is 344 g/mol. The quantitative estimate of drug-likeness (QED) is 0.706. The van der Waals surface area contributed by atoms with E-state index in [9.17, 15) is 4.79 Å². The van der Waals surface area contributed by atoms with Gasteiger partial charge < -0.3 is 10.1 Å². The Hall–Kier alpha value is -2.87. The highest BCUT2D eigenvalue weighted by Gasteiger charge is 2.30. The molecule has 4 rings (SSSR count). The molecule has 1 aromatic carbocycles. The van der Waals surface area contributed by atoms with Crippen molar-refractivity contribution in [2.24, 2.45) is 5.92 Å². The number of carbonyl (C=O) groups is 1. The van der Waals surface area contributed by atoms with Crippen LogP contribution in [-0.4, -0.2) is 50.4 Å². The van der Waals surface area contributed by atoms with Crippen LogP contribution in [0.3, 0.4) is 0 Å². The summed E-state index contributed by atoms with van der Waals surface area (Å²) in [5, 5.41) is 15.6. The number of ether oxygens (including phenoxy) is 1. The van der Waals surface area contributed by atoms with E-state index in [4.69, 9.17) is 4.74 Å². The monoisotopic (exact) mass is 366 g/mol. The second kappa shape index (κ2) is 7.79. The number of carbonyl (C=O) groups excluding carboxylic acids is 1. The fourth-order valence-corrected chi connectivity index (χ4v) is 3.52. The van der Waals surface area contributed by atoms with Crippen molar-refractivity contribution in [2.75, 3.05) is 13.2 Å². The normalized spacial score (nSPS) is 19.4. The molecule has 2 aromatic heterocycles. The second-order valence-electron chi connectivity index (χ2n) is 6.86. The van der Waals surface area contributed by atoms with Crippen LogP contribution < -0.4 is 5.32 Å². The van der Waals surface area contributed by atoms with Crippen LogP contribution in [0.1, 0.15) is 17.8 Å². The van der Waals surface area contributed by atoms with Crippen molar-refractivity contribution in [3.63, 3.8) is 0 Å². The second-order valence-corrected chi connectivity index (χ2v) is 6.86. The van der Waals surface area contributed by atoms with Gasteiger partial charge in [-0.05, 0) is 41.5 Å². The summed E-state index contributed by atoms with van der Waals surface area (Å²) in [6.07, 6.45) is 3.03. The highest BCUT2D eigenvalue weighted by molar-refractivity contribution is 5.81. The molecule has 1 aliphatic rings. The van der Waals surface area contributed by atoms with E-state index in [2.05, 4.69) is 38.0 Å². The van der Waals surface area contributed by atoms with Gasteiger partial charge in [0.2, 0.25) is 5.91 Å². The molecule has 27 heavy (non-hydrogen) atoms. The summed E-state index contributed by atoms with van der Waals surface area (Å²) in [7, 11) is 0. The lowest BCUT2D eigenvalue weighted by molar-refractivity contribution is -0.122. The summed E-state index contributed by atoms with van der Waals surface area (Å²) in [5.41, 5.74) is 2.23. The molecule has 1 aliphatic heterocycles. The number of tetrazole rings is 1. The van der Waals surface area contributed by atoms with E-state index in [1.54, 1.807) is 4.68 Å². The lowest BCUT2D eigenvalue weighted by Crippen LogP contribution is -2.41. The Morgan fingerprint density at radius 2 is 2.19 bits per heavy atom. The van der Waals surface area contributed by atoms with E-state index in [1.165, 1.54) is 5.56 Å². The number of benzene rings is 1. The third-order valence-corrected chi connectivity index (χ3v) is 5.03. The van der Waals surface area contributed by atoms with Crippen LogP contribution in [0.25, 0.3) is 10.9 Å². The summed E-state index contributed by atoms with van der Waals surface area (Å²) < 4.78 is 7.29. The zero-order valence-electron chi connectivity index (χ0n) is 15.2. The first-order chi connectivity index (χ1) is 13.2. The zero-order valence-corrected chi connectivity index (χ0v) is 15.2. The number of amides is 1. The number of aryl methyl sites for hydroxylation is 2. The summed E-state index contributed by atoms with van der Waals surface area (Å²) in [6.45, 7) is 3.48. The third-order valence-electron chi connectivity index (χ3n) is 5.03. The molecule has 1 fully saturated rings. The molecule has 8 nitrogen and oxygen atoms in total. The SMILES string of the molecule is Cc1nnnn1CCC(=O)N[C@H]1COC[C@H]1Cc1ccnc2ccccc12. The average molecular weight is 366 g/mol. The first kappa shape index (κ1) is 17.5. The first-order valence-corrected chi connectivity index (χ1v) is 9.13. The van der Waals surface area contributed by atoms with E-state index in [-0.39, 0.29) is 17.9 Å². The van der Waals surface area contributed by atoms with Gasteiger partial charge in [0.05, 0.1) is 31.3 Å². The largest absolute Gasteiger partial charge is 0.379 e. The van der Waals surface area contributed by atoms with Gasteiger partial charge in [-0.3, -0.25) is 9.78 Å². The van der Waals surface area contributed by atoms with E-state index < -0.39 is 0 Å². The first-order valence-electron chi connectivity index (χ1n) is 9.13. The van der Waals surface area contributed by atoms with E-state index in [0.29, 0.717) is 32.0 Å². The number of para-hydroxylation sites is 1. The zero-order chi connectivity index (χ0) is 18.6. The number of pyridine rings is 1. The van der Waals surface area contributed by atoms with Crippen LogP contribution in [0.2, 0.25) is 0 Å². The maximum atomic E-state index is 12.4. The van der Waals surface area contributed by atoms with Gasteiger partial charge in [0.1, 0.15) is 5.82 Å². The molecule has 8 heteroatoms. The van der Waals surface area contributed by atoms with Crippen LogP contribution in [0.15, 0.2) is 36.5 Å². The smallest absolute Gasteiger partial charge is 0.222 e. The predicted molar refractivity (Wildman–Crippen MR) is 98.9 cm³/mol. The summed E-state index contributed by atoms with van der Waals surface area (Å²) in [6, 6.07) is 10.2. The van der Waals surface area contributed by atoms with Crippen LogP contribution in [0, 0.1) is 12.8 Å². The van der Waals surface area contributed by atoms with Crippen LogP contribution in [0.4, 0.5) is 0 Å². The fraction of sp³-hybridized carbons (Fsp3) is 0.421. The van der Waals surface area contributed by atoms with Crippen LogP contribution >= 0.6 is 0 Å². The molecule has 3 heterocycles. The van der Waals surface area contributed by atoms with Crippen molar-refractivity contribution in [3.05, 3.63) is 47.9 Å². The van der Waals surface area contributed by atoms with Gasteiger partial charge in [-0.2, -0.15) is 0 Å². The van der Waals surface area contributed by atoms with Crippen LogP contribution in [-0.2, 0) is 22.5 Å². The number of nitrogens with zero attached hydrogens (tertiary/aromatic N) is 5. The molecule has 1 N–H and O–H groups in total. The Morgan fingerprint density at radius 1 is 1.30 bits per heavy atom. The molecule has 0 spiro atoms. The standard InChI is InChI=1S/C19H22N6O2/c1-13-22-23-24-25(13)9-7-19(26)21-18-12-27-11-15(18)10-14-6-8-20-17-5-3-2-4-16(14)17/h2-6,8,15,18H,7,9-12H2,1H3,(H,21,26)/t15-,18+/m1/s1. The number of aromatic nitrogens is 5. The molecule has 1 amide bonds. The van der Waals surface area contributed by atoms with Gasteiger partial charge in [0.25, 0.3) is 0 Å². The van der Waals surface area contributed by atoms with Gasteiger partial charge in [-0.1, -0.05) is 18.2 Å². The lowest BCUT2D eigenvalue weighted by atomic mass is 9.93. The average Bonchev–Trinajstić information content (AvgIpc) is 3.29. The van der Waals surface area contributed by atoms with Gasteiger partial charge in [0, 0.05) is 23.9 Å². The van der Waals surface area contributed by atoms with Crippen LogP contribution in [0.5, 0.6) is 0 Å². The Kier molecular flexibility index (Phi) is 5.06. The molecule has 3 aromatic rings. The maximum Gasteiger partial charge on any atom is 0.222 e. The van der Waals surface area contributed by atoms with Gasteiger partial charge >= 0.3 is 0 Å². The van der Waals surface area contributed by atoms with E-state index >= 15 is 0 Å². The summed E-state index contributed by atoms with van der Waals surface area (Å²) >= 11 is 0. The third kappa shape index (κ3) is 3.95. The topological polar surface area (TPSA) is 94.8 Å². The predicted octanol–water partition coefficient (Wildman–Crippen LogP) is 1.29. The Bertz CT molecular complexity index is 935. The summed E-state index contributed by atoms with van der Waals surface area (Å²) in [5.74, 6) is 0.939. The minimum atomic E-state index is -0.00927. The summed E-state index contributed by atoms with van der Waals surface area (Å²) in [4.78, 5) is 16.8. The van der Waals surface area contributed by atoms with Crippen molar-refractivity contribution in [2.45, 2.75) is 32.4 Å². The molecule has 2 atom stereocenters. The van der Waals surface area contributed by atoms with Crippen molar-refractivity contribution in [3.8, 4) is 0 Å². The Balaban J connectivity index is 1.38. The molecule has 0 radical (unpaired) electrons. The fourth-order valence-electron chi connectivity index (χ4n) is 3.52. The Morgan fingerprint density at radius 3 is 3.04 bits per heavy atom. The maximum absolute atomic E-state index is 12.4. The molecule has 0 bridgehead atoms. The lowest BCUT2D eigenvalue weighted by Gasteiger charge is -2.20. The molecule has 0 saturated carbocycles. The molecule has 0 aliphatic carbocycles. The van der Waals surface area contributed by atoms with Crippen molar-refractivity contribution < 1.29 is 9.53 Å². The number of nitrogens with one attached hydrogen (secondary N) is 1. The molecule has 0 unspecified atom stereocenters. The van der Waals surface area contributed by atoms with Crippen molar-refractivity contribution in [1.82, 2.24) is 30.5 Å². The minimum absolute atomic E-state index is 0.00927. The van der Waals surface area contributed by atoms with E-state index in [1.807, 2.05) is 31.3 Å². The molecular formula is C19H22N6O2. The number of hydrogen-bond acceptors (Lipinski definition) is 6. The van der Waals surface area contributed by atoms with E-state index in [0.717, 1.165) is 17.3 Å². The highest BCUT2D eigenvalue weighted by atomic mass is 16.5. The number of hydrogen-bond donors (Lipinski definition) is 1. The molecule has 1 saturated heterocycles.